The maximum absolute atomic E-state index is 11.1. The van der Waals surface area contributed by atoms with Gasteiger partial charge in [0, 0.05) is 0 Å². The van der Waals surface area contributed by atoms with E-state index in [1.807, 2.05) is 0 Å². The van der Waals surface area contributed by atoms with Gasteiger partial charge in [0.15, 0.2) is 0 Å². The second-order valence-electron chi connectivity index (χ2n) is 2.40. The molecule has 0 aromatic carbocycles. The van der Waals surface area contributed by atoms with Crippen molar-refractivity contribution in [2.75, 3.05) is 11.9 Å². The first-order chi connectivity index (χ1) is 4.70. The fourth-order valence-electron chi connectivity index (χ4n) is 0.557. The van der Waals surface area contributed by atoms with Gasteiger partial charge in [-0.05, 0) is 12.8 Å². The van der Waals surface area contributed by atoms with Crippen molar-refractivity contribution < 1.29 is 18.6 Å². The maximum atomic E-state index is 11.1. The predicted octanol–water partition coefficient (Wildman–Crippen LogP) is -1.00. The monoisotopic (exact) mass is 168 g/mol. The standard InChI is InChI=1S/C5H12O4S/c6-3-10(8,4-7)9-5-1-2-5/h5-7,10H,1-4H2. The van der Waals surface area contributed by atoms with Gasteiger partial charge in [0.25, 0.3) is 0 Å². The molecule has 0 aliphatic heterocycles. The molecule has 0 aromatic rings. The van der Waals surface area contributed by atoms with Gasteiger partial charge >= 0.3 is 0 Å². The Morgan fingerprint density at radius 1 is 1.40 bits per heavy atom. The molecule has 0 heterocycles. The van der Waals surface area contributed by atoms with Crippen molar-refractivity contribution >= 4 is 10.2 Å². The summed E-state index contributed by atoms with van der Waals surface area (Å²) in [7, 11) is -3.06. The van der Waals surface area contributed by atoms with Gasteiger partial charge in [-0.2, -0.15) is 0 Å². The molecule has 0 atom stereocenters. The lowest BCUT2D eigenvalue weighted by molar-refractivity contribution is 0.256. The Kier molecular flexibility index (Phi) is 2.40. The fourth-order valence-corrected chi connectivity index (χ4v) is 1.53. The van der Waals surface area contributed by atoms with Gasteiger partial charge in [-0.1, -0.05) is 0 Å². The summed E-state index contributed by atoms with van der Waals surface area (Å²) in [5, 5.41) is 17.0. The molecular weight excluding hydrogens is 156 g/mol. The molecule has 1 aliphatic rings. The van der Waals surface area contributed by atoms with E-state index in [4.69, 9.17) is 14.4 Å². The van der Waals surface area contributed by atoms with E-state index < -0.39 is 22.1 Å². The molecule has 0 radical (unpaired) electrons. The Bertz CT molecular complexity index is 146. The van der Waals surface area contributed by atoms with E-state index in [1.165, 1.54) is 0 Å². The molecule has 5 heteroatoms. The van der Waals surface area contributed by atoms with Gasteiger partial charge < -0.3 is 10.2 Å². The Labute approximate surface area is 60.4 Å². The highest BCUT2D eigenvalue weighted by molar-refractivity contribution is 7.98. The lowest BCUT2D eigenvalue weighted by atomic mass is 10.9. The third kappa shape index (κ3) is 2.02. The van der Waals surface area contributed by atoms with Gasteiger partial charge in [-0.3, -0.25) is 4.18 Å². The van der Waals surface area contributed by atoms with E-state index in [0.717, 1.165) is 12.8 Å². The molecule has 2 N–H and O–H groups in total. The van der Waals surface area contributed by atoms with Crippen molar-refractivity contribution in [3.63, 3.8) is 0 Å². The molecule has 0 spiro atoms. The summed E-state index contributed by atoms with van der Waals surface area (Å²) in [6.45, 7) is 0. The molecule has 1 rings (SSSR count). The minimum absolute atomic E-state index is 0.0186. The van der Waals surface area contributed by atoms with Gasteiger partial charge in [-0.15, -0.1) is 10.2 Å². The highest BCUT2D eigenvalue weighted by Gasteiger charge is 2.27. The summed E-state index contributed by atoms with van der Waals surface area (Å²) < 4.78 is 16.0. The third-order valence-corrected chi connectivity index (χ3v) is 2.84. The van der Waals surface area contributed by atoms with Crippen molar-refractivity contribution in [3.05, 3.63) is 0 Å². The van der Waals surface area contributed by atoms with Gasteiger partial charge in [0.2, 0.25) is 0 Å². The molecule has 10 heavy (non-hydrogen) atoms. The summed E-state index contributed by atoms with van der Waals surface area (Å²) >= 11 is 0. The van der Waals surface area contributed by atoms with Crippen molar-refractivity contribution in [2.45, 2.75) is 18.9 Å². The normalized spacial score (nSPS) is 21.0. The molecule has 1 saturated carbocycles. The van der Waals surface area contributed by atoms with Crippen LogP contribution >= 0.6 is 0 Å². The van der Waals surface area contributed by atoms with Crippen LogP contribution in [0.3, 0.4) is 0 Å². The fraction of sp³-hybridized carbons (Fsp3) is 1.00. The first kappa shape index (κ1) is 8.13. The summed E-state index contributed by atoms with van der Waals surface area (Å²) in [5.74, 6) is -1.11. The first-order valence-electron chi connectivity index (χ1n) is 3.18. The van der Waals surface area contributed by atoms with Crippen molar-refractivity contribution in [3.8, 4) is 0 Å². The number of hydrogen-bond donors (Lipinski definition) is 3. The highest BCUT2D eigenvalue weighted by atomic mass is 32.3. The molecule has 0 amide bonds. The number of aliphatic hydroxyl groups excluding tert-OH is 2. The maximum Gasteiger partial charge on any atom is 0.129 e. The predicted molar refractivity (Wildman–Crippen MR) is 37.8 cm³/mol. The number of thiol groups is 1. The number of hydrogen-bond acceptors (Lipinski definition) is 4. The van der Waals surface area contributed by atoms with Crippen LogP contribution in [0.25, 0.3) is 0 Å². The molecule has 0 aromatic heterocycles. The lowest BCUT2D eigenvalue weighted by Gasteiger charge is -2.23. The third-order valence-electron chi connectivity index (χ3n) is 1.30. The smallest absolute Gasteiger partial charge is 0.129 e. The lowest BCUT2D eigenvalue weighted by Crippen LogP contribution is -2.24. The molecule has 0 saturated heterocycles. The zero-order valence-electron chi connectivity index (χ0n) is 5.56. The molecule has 0 unspecified atom stereocenters. The van der Waals surface area contributed by atoms with E-state index in [2.05, 4.69) is 0 Å². The van der Waals surface area contributed by atoms with E-state index in [9.17, 15) is 4.21 Å². The van der Waals surface area contributed by atoms with Crippen molar-refractivity contribution in [1.82, 2.24) is 0 Å². The molecule has 1 fully saturated rings. The van der Waals surface area contributed by atoms with E-state index >= 15 is 0 Å². The van der Waals surface area contributed by atoms with E-state index in [-0.39, 0.29) is 6.10 Å². The molecule has 4 nitrogen and oxygen atoms in total. The average Bonchev–Trinajstić information content (AvgIpc) is 2.72. The first-order valence-corrected chi connectivity index (χ1v) is 5.18. The Morgan fingerprint density at radius 2 is 1.90 bits per heavy atom. The minimum Gasteiger partial charge on any atom is -0.377 e. The number of rotatable bonds is 4. The second-order valence-corrected chi connectivity index (χ2v) is 4.81. The van der Waals surface area contributed by atoms with Crippen LogP contribution in [0, 0.1) is 0 Å². The molecular formula is C5H12O4S. The zero-order valence-corrected chi connectivity index (χ0v) is 6.46. The van der Waals surface area contributed by atoms with Crippen LogP contribution in [0.4, 0.5) is 0 Å². The SMILES string of the molecule is O=[SH](CO)(CO)OC1CC1. The van der Waals surface area contributed by atoms with Gasteiger partial charge in [-0.25, -0.2) is 4.21 Å². The summed E-state index contributed by atoms with van der Waals surface area (Å²) in [5.41, 5.74) is 0. The Morgan fingerprint density at radius 3 is 2.20 bits per heavy atom. The quantitative estimate of drug-likeness (QED) is 0.471. The largest absolute Gasteiger partial charge is 0.377 e. The van der Waals surface area contributed by atoms with Crippen LogP contribution < -0.4 is 0 Å². The van der Waals surface area contributed by atoms with Gasteiger partial charge in [0.05, 0.1) is 6.10 Å². The summed E-state index contributed by atoms with van der Waals surface area (Å²) in [6.07, 6.45) is 1.80. The summed E-state index contributed by atoms with van der Waals surface area (Å²) in [4.78, 5) is 0. The van der Waals surface area contributed by atoms with Crippen LogP contribution in [0.5, 0.6) is 0 Å². The minimum atomic E-state index is -3.06. The van der Waals surface area contributed by atoms with Crippen LogP contribution in [0.15, 0.2) is 0 Å². The zero-order chi connectivity index (χ0) is 7.61. The van der Waals surface area contributed by atoms with Crippen molar-refractivity contribution in [1.29, 1.82) is 0 Å². The second kappa shape index (κ2) is 2.96. The average molecular weight is 168 g/mol. The van der Waals surface area contributed by atoms with Crippen LogP contribution in [0.1, 0.15) is 12.8 Å². The Balaban J connectivity index is 2.37. The summed E-state index contributed by atoms with van der Waals surface area (Å²) in [6, 6.07) is 0. The highest BCUT2D eigenvalue weighted by Crippen LogP contribution is 2.27. The molecule has 62 valence electrons. The van der Waals surface area contributed by atoms with Crippen molar-refractivity contribution in [2.24, 2.45) is 0 Å². The topological polar surface area (TPSA) is 66.8 Å². The number of aliphatic hydroxyl groups is 2. The van der Waals surface area contributed by atoms with Crippen LogP contribution in [-0.2, 0) is 14.4 Å². The molecule has 1 aliphatic carbocycles. The van der Waals surface area contributed by atoms with E-state index in [0.29, 0.717) is 0 Å². The van der Waals surface area contributed by atoms with Gasteiger partial charge in [0.1, 0.15) is 11.9 Å². The van der Waals surface area contributed by atoms with Crippen LogP contribution in [0.2, 0.25) is 0 Å². The Hall–Kier alpha value is 0.0300. The van der Waals surface area contributed by atoms with Crippen LogP contribution in [-0.4, -0.2) is 32.4 Å². The molecule has 0 bridgehead atoms. The van der Waals surface area contributed by atoms with E-state index in [1.54, 1.807) is 0 Å².